The van der Waals surface area contributed by atoms with E-state index in [4.69, 9.17) is 16.3 Å². The molecule has 0 bridgehead atoms. The van der Waals surface area contributed by atoms with Gasteiger partial charge in [0, 0.05) is 16.3 Å². The molecular weight excluding hydrogens is 384 g/mol. The van der Waals surface area contributed by atoms with Crippen LogP contribution < -0.4 is 10.1 Å². The number of amides is 1. The number of hydrogen-bond donors (Lipinski definition) is 1. The van der Waals surface area contributed by atoms with Crippen molar-refractivity contribution < 1.29 is 9.53 Å². The van der Waals surface area contributed by atoms with Gasteiger partial charge in [-0.2, -0.15) is 5.26 Å². The minimum Gasteiger partial charge on any atom is -0.488 e. The highest BCUT2D eigenvalue weighted by atomic mass is 35.5. The summed E-state index contributed by atoms with van der Waals surface area (Å²) in [6.45, 7) is 2.25. The molecule has 5 heteroatoms. The number of hydrogen-bond acceptors (Lipinski definition) is 3. The van der Waals surface area contributed by atoms with E-state index in [1.54, 1.807) is 24.3 Å². The van der Waals surface area contributed by atoms with Crippen molar-refractivity contribution in [2.24, 2.45) is 0 Å². The molecule has 0 spiro atoms. The summed E-state index contributed by atoms with van der Waals surface area (Å²) in [6.07, 6.45) is 1.49. The van der Waals surface area contributed by atoms with Crippen LogP contribution >= 0.6 is 11.6 Å². The van der Waals surface area contributed by atoms with Crippen LogP contribution in [0.5, 0.6) is 5.75 Å². The van der Waals surface area contributed by atoms with Crippen LogP contribution in [-0.2, 0) is 11.4 Å². The minimum absolute atomic E-state index is 0.0416. The molecule has 0 saturated carbocycles. The lowest BCUT2D eigenvalue weighted by molar-refractivity contribution is -0.112. The summed E-state index contributed by atoms with van der Waals surface area (Å²) in [7, 11) is 0. The first-order valence-corrected chi connectivity index (χ1v) is 9.39. The van der Waals surface area contributed by atoms with E-state index in [0.29, 0.717) is 28.6 Å². The number of carbonyl (C=O) groups is 1. The number of nitriles is 1. The Labute approximate surface area is 175 Å². The predicted octanol–water partition coefficient (Wildman–Crippen LogP) is 5.77. The second-order valence-electron chi connectivity index (χ2n) is 6.40. The second kappa shape index (κ2) is 9.59. The van der Waals surface area contributed by atoms with Gasteiger partial charge < -0.3 is 10.1 Å². The van der Waals surface area contributed by atoms with E-state index in [2.05, 4.69) is 5.32 Å². The Hall–Kier alpha value is -3.55. The number of rotatable bonds is 6. The van der Waals surface area contributed by atoms with E-state index in [-0.39, 0.29) is 5.57 Å². The number of aryl methyl sites for hydroxylation is 1. The monoisotopic (exact) mass is 402 g/mol. The number of halogens is 1. The molecule has 0 aromatic heterocycles. The van der Waals surface area contributed by atoms with Crippen LogP contribution in [0.15, 0.2) is 78.4 Å². The molecule has 4 nitrogen and oxygen atoms in total. The van der Waals surface area contributed by atoms with Crippen LogP contribution in [0, 0.1) is 18.3 Å². The van der Waals surface area contributed by atoms with Gasteiger partial charge in [0.05, 0.1) is 0 Å². The number of nitrogens with one attached hydrogen (secondary N) is 1. The van der Waals surface area contributed by atoms with Crippen LogP contribution in [0.3, 0.4) is 0 Å². The molecule has 1 amide bonds. The molecule has 0 heterocycles. The summed E-state index contributed by atoms with van der Waals surface area (Å²) in [4.78, 5) is 12.6. The highest BCUT2D eigenvalue weighted by Gasteiger charge is 2.13. The molecule has 0 radical (unpaired) electrons. The van der Waals surface area contributed by atoms with E-state index in [1.807, 2.05) is 61.5 Å². The van der Waals surface area contributed by atoms with Gasteiger partial charge in [-0.15, -0.1) is 0 Å². The van der Waals surface area contributed by atoms with Crippen LogP contribution in [-0.4, -0.2) is 5.91 Å². The fourth-order valence-corrected chi connectivity index (χ4v) is 2.89. The number of ether oxygens (including phenoxy) is 1. The van der Waals surface area contributed by atoms with Crippen LogP contribution in [0.2, 0.25) is 5.02 Å². The Morgan fingerprint density at radius 2 is 1.83 bits per heavy atom. The molecule has 0 unspecified atom stereocenters. The van der Waals surface area contributed by atoms with Gasteiger partial charge >= 0.3 is 0 Å². The van der Waals surface area contributed by atoms with Crippen molar-refractivity contribution in [3.8, 4) is 11.8 Å². The Balaban J connectivity index is 1.84. The van der Waals surface area contributed by atoms with Crippen LogP contribution in [0.25, 0.3) is 6.08 Å². The van der Waals surface area contributed by atoms with Crippen LogP contribution in [0.1, 0.15) is 16.7 Å². The van der Waals surface area contributed by atoms with Crippen molar-refractivity contribution in [3.63, 3.8) is 0 Å². The van der Waals surface area contributed by atoms with E-state index in [0.717, 1.165) is 11.1 Å². The predicted molar refractivity (Wildman–Crippen MR) is 116 cm³/mol. The normalized spacial score (nSPS) is 10.9. The van der Waals surface area contributed by atoms with Crippen molar-refractivity contribution >= 4 is 29.3 Å². The lowest BCUT2D eigenvalue weighted by atomic mass is 10.1. The van der Waals surface area contributed by atoms with Crippen molar-refractivity contribution in [3.05, 3.63) is 100 Å². The highest BCUT2D eigenvalue weighted by molar-refractivity contribution is 6.30. The average Bonchev–Trinajstić information content (AvgIpc) is 2.73. The first-order chi connectivity index (χ1) is 14.1. The second-order valence-corrected chi connectivity index (χ2v) is 6.83. The Kier molecular flexibility index (Phi) is 6.67. The first kappa shape index (κ1) is 20.2. The lowest BCUT2D eigenvalue weighted by Crippen LogP contribution is -2.14. The average molecular weight is 403 g/mol. The van der Waals surface area contributed by atoms with E-state index >= 15 is 0 Å². The Bertz CT molecular complexity index is 1090. The third-order valence-electron chi connectivity index (χ3n) is 4.27. The molecule has 3 aromatic carbocycles. The molecule has 0 atom stereocenters. The van der Waals surface area contributed by atoms with E-state index in [1.165, 1.54) is 6.08 Å². The fourth-order valence-electron chi connectivity index (χ4n) is 2.71. The topological polar surface area (TPSA) is 62.1 Å². The van der Waals surface area contributed by atoms with Gasteiger partial charge in [0.2, 0.25) is 0 Å². The number of anilines is 1. The number of carbonyl (C=O) groups excluding carboxylic acids is 1. The smallest absolute Gasteiger partial charge is 0.266 e. The summed E-state index contributed by atoms with van der Waals surface area (Å²) in [5, 5.41) is 12.8. The maximum absolute atomic E-state index is 12.6. The minimum atomic E-state index is -0.490. The number of para-hydroxylation sites is 1. The molecule has 3 aromatic rings. The van der Waals surface area contributed by atoms with Gasteiger partial charge in [-0.25, -0.2) is 0 Å². The third-order valence-corrected chi connectivity index (χ3v) is 4.50. The quantitative estimate of drug-likeness (QED) is 0.420. The molecule has 0 fully saturated rings. The zero-order valence-corrected chi connectivity index (χ0v) is 16.6. The largest absolute Gasteiger partial charge is 0.488 e. The third kappa shape index (κ3) is 5.47. The molecular formula is C24H19ClN2O2. The van der Waals surface area contributed by atoms with E-state index in [9.17, 15) is 10.1 Å². The van der Waals surface area contributed by atoms with Gasteiger partial charge in [-0.1, -0.05) is 60.1 Å². The van der Waals surface area contributed by atoms with Gasteiger partial charge in [0.15, 0.2) is 0 Å². The van der Waals surface area contributed by atoms with Gasteiger partial charge in [0.1, 0.15) is 24.0 Å². The van der Waals surface area contributed by atoms with E-state index < -0.39 is 5.91 Å². The molecule has 0 saturated heterocycles. The maximum Gasteiger partial charge on any atom is 0.266 e. The maximum atomic E-state index is 12.6. The Morgan fingerprint density at radius 1 is 1.10 bits per heavy atom. The SMILES string of the molecule is Cc1ccccc1NC(=O)/C(C#N)=C/c1cc(Cl)ccc1OCc1ccccc1. The summed E-state index contributed by atoms with van der Waals surface area (Å²) in [5.74, 6) is 0.0467. The molecule has 29 heavy (non-hydrogen) atoms. The number of benzene rings is 3. The molecule has 1 N–H and O–H groups in total. The molecule has 0 aliphatic rings. The first-order valence-electron chi connectivity index (χ1n) is 9.02. The lowest BCUT2D eigenvalue weighted by Gasteiger charge is -2.11. The van der Waals surface area contributed by atoms with Crippen molar-refractivity contribution in [1.82, 2.24) is 0 Å². The zero-order valence-electron chi connectivity index (χ0n) is 15.9. The van der Waals surface area contributed by atoms with Crippen molar-refractivity contribution in [2.45, 2.75) is 13.5 Å². The molecule has 3 rings (SSSR count). The molecule has 0 aliphatic heterocycles. The summed E-state index contributed by atoms with van der Waals surface area (Å²) >= 11 is 6.12. The highest BCUT2D eigenvalue weighted by Crippen LogP contribution is 2.26. The van der Waals surface area contributed by atoms with Gasteiger partial charge in [-0.05, 0) is 48.4 Å². The summed E-state index contributed by atoms with van der Waals surface area (Å²) in [5.41, 5.74) is 3.10. The number of nitrogens with zero attached hydrogens (tertiary/aromatic N) is 1. The Morgan fingerprint density at radius 3 is 2.55 bits per heavy atom. The molecule has 144 valence electrons. The molecule has 0 aliphatic carbocycles. The summed E-state index contributed by atoms with van der Waals surface area (Å²) < 4.78 is 5.90. The standard InChI is InChI=1S/C24H19ClN2O2/c1-17-7-5-6-10-22(17)27-24(28)20(15-26)13-19-14-21(25)11-12-23(19)29-16-18-8-3-2-4-9-18/h2-14H,16H2,1H3,(H,27,28)/b20-13+. The zero-order chi connectivity index (χ0) is 20.6. The van der Waals surface area contributed by atoms with Gasteiger partial charge in [-0.3, -0.25) is 4.79 Å². The van der Waals surface area contributed by atoms with Crippen LogP contribution in [0.4, 0.5) is 5.69 Å². The van der Waals surface area contributed by atoms with Crippen molar-refractivity contribution in [1.29, 1.82) is 5.26 Å². The fraction of sp³-hybridized carbons (Fsp3) is 0.0833. The van der Waals surface area contributed by atoms with Gasteiger partial charge in [0.25, 0.3) is 5.91 Å². The van der Waals surface area contributed by atoms with Crippen molar-refractivity contribution in [2.75, 3.05) is 5.32 Å². The summed E-state index contributed by atoms with van der Waals surface area (Å²) in [6, 6.07) is 24.2.